The second kappa shape index (κ2) is 2.91. The number of fused-ring (bicyclic) bond motifs is 1. The molecule has 0 aromatic carbocycles. The summed E-state index contributed by atoms with van der Waals surface area (Å²) in [6, 6.07) is 0. The fourth-order valence-electron chi connectivity index (χ4n) is 2.09. The summed E-state index contributed by atoms with van der Waals surface area (Å²) in [6.45, 7) is 0. The van der Waals surface area contributed by atoms with Gasteiger partial charge in [-0.05, 0) is 30.4 Å². The molecule has 13 heavy (non-hydrogen) atoms. The first-order chi connectivity index (χ1) is 6.18. The average molecular weight is 179 g/mol. The topological polar surface area (TPSA) is 42.2 Å². The normalized spacial score (nSPS) is 21.2. The van der Waals surface area contributed by atoms with Crippen LogP contribution in [0.25, 0.3) is 0 Å². The SMILES string of the molecule is Cn1cc2c(c1)C(C(=O)O)CCC2. The van der Waals surface area contributed by atoms with Crippen molar-refractivity contribution in [3.05, 3.63) is 23.5 Å². The summed E-state index contributed by atoms with van der Waals surface area (Å²) < 4.78 is 1.95. The third-order valence-corrected chi connectivity index (χ3v) is 2.69. The summed E-state index contributed by atoms with van der Waals surface area (Å²) in [4.78, 5) is 10.9. The smallest absolute Gasteiger partial charge is 0.311 e. The summed E-state index contributed by atoms with van der Waals surface area (Å²) in [5, 5.41) is 8.99. The largest absolute Gasteiger partial charge is 0.481 e. The number of carboxylic acids is 1. The van der Waals surface area contributed by atoms with Crippen molar-refractivity contribution in [2.75, 3.05) is 0 Å². The molecular weight excluding hydrogens is 166 g/mol. The zero-order chi connectivity index (χ0) is 9.42. The Hall–Kier alpha value is -1.25. The Labute approximate surface area is 77.0 Å². The molecule has 70 valence electrons. The van der Waals surface area contributed by atoms with E-state index in [1.54, 1.807) is 0 Å². The highest BCUT2D eigenvalue weighted by molar-refractivity contribution is 5.77. The molecule has 0 radical (unpaired) electrons. The van der Waals surface area contributed by atoms with E-state index in [2.05, 4.69) is 0 Å². The van der Waals surface area contributed by atoms with Crippen LogP contribution in [0.2, 0.25) is 0 Å². The fraction of sp³-hybridized carbons (Fsp3) is 0.500. The third kappa shape index (κ3) is 1.34. The lowest BCUT2D eigenvalue weighted by molar-refractivity contribution is -0.139. The maximum Gasteiger partial charge on any atom is 0.311 e. The van der Waals surface area contributed by atoms with Crippen LogP contribution >= 0.6 is 0 Å². The lowest BCUT2D eigenvalue weighted by Crippen LogP contribution is -2.16. The van der Waals surface area contributed by atoms with E-state index in [4.69, 9.17) is 5.11 Å². The molecule has 3 heteroatoms. The van der Waals surface area contributed by atoms with Crippen molar-refractivity contribution in [3.8, 4) is 0 Å². The van der Waals surface area contributed by atoms with Gasteiger partial charge in [-0.3, -0.25) is 4.79 Å². The number of hydrogen-bond acceptors (Lipinski definition) is 1. The van der Waals surface area contributed by atoms with Crippen LogP contribution in [0.5, 0.6) is 0 Å². The molecule has 1 unspecified atom stereocenters. The summed E-state index contributed by atoms with van der Waals surface area (Å²) in [6.07, 6.45) is 6.78. The number of carboxylic acid groups (broad SMARTS) is 1. The van der Waals surface area contributed by atoms with Gasteiger partial charge in [-0.1, -0.05) is 0 Å². The molecule has 1 atom stereocenters. The van der Waals surface area contributed by atoms with Crippen molar-refractivity contribution in [2.24, 2.45) is 7.05 Å². The first-order valence-corrected chi connectivity index (χ1v) is 4.56. The number of aliphatic carboxylic acids is 1. The molecule has 0 spiro atoms. The van der Waals surface area contributed by atoms with E-state index >= 15 is 0 Å². The Bertz CT molecular complexity index is 341. The minimum atomic E-state index is -0.688. The van der Waals surface area contributed by atoms with Crippen LogP contribution in [0, 0.1) is 0 Å². The van der Waals surface area contributed by atoms with Crippen LogP contribution in [0.15, 0.2) is 12.4 Å². The van der Waals surface area contributed by atoms with Gasteiger partial charge in [0.15, 0.2) is 0 Å². The molecule has 0 bridgehead atoms. The second-order valence-corrected chi connectivity index (χ2v) is 3.69. The predicted octanol–water partition coefficient (Wildman–Crippen LogP) is 1.53. The van der Waals surface area contributed by atoms with Crippen molar-refractivity contribution in [2.45, 2.75) is 25.2 Å². The van der Waals surface area contributed by atoms with Crippen LogP contribution in [0.1, 0.15) is 29.9 Å². The number of rotatable bonds is 1. The molecule has 1 aromatic heterocycles. The molecule has 2 rings (SSSR count). The van der Waals surface area contributed by atoms with Crippen LogP contribution in [0.3, 0.4) is 0 Å². The maximum atomic E-state index is 10.9. The molecule has 0 fully saturated rings. The van der Waals surface area contributed by atoms with Gasteiger partial charge in [0, 0.05) is 19.4 Å². The average Bonchev–Trinajstić information content (AvgIpc) is 2.43. The van der Waals surface area contributed by atoms with Gasteiger partial charge < -0.3 is 9.67 Å². The molecule has 0 saturated heterocycles. The molecule has 0 saturated carbocycles. The molecule has 0 aliphatic heterocycles. The highest BCUT2D eigenvalue weighted by atomic mass is 16.4. The van der Waals surface area contributed by atoms with E-state index in [1.165, 1.54) is 5.56 Å². The predicted molar refractivity (Wildman–Crippen MR) is 48.7 cm³/mol. The Balaban J connectivity index is 2.41. The summed E-state index contributed by atoms with van der Waals surface area (Å²) in [7, 11) is 1.94. The molecular formula is C10H13NO2. The number of aromatic nitrogens is 1. The molecule has 1 aliphatic carbocycles. The van der Waals surface area contributed by atoms with Gasteiger partial charge in [0.05, 0.1) is 5.92 Å². The van der Waals surface area contributed by atoms with E-state index in [0.717, 1.165) is 24.8 Å². The van der Waals surface area contributed by atoms with Crippen molar-refractivity contribution in [3.63, 3.8) is 0 Å². The van der Waals surface area contributed by atoms with Crippen LogP contribution in [-0.4, -0.2) is 15.6 Å². The summed E-state index contributed by atoms with van der Waals surface area (Å²) >= 11 is 0. The van der Waals surface area contributed by atoms with E-state index in [0.29, 0.717) is 0 Å². The van der Waals surface area contributed by atoms with Crippen molar-refractivity contribution in [1.82, 2.24) is 4.57 Å². The Morgan fingerprint density at radius 3 is 3.08 bits per heavy atom. The Kier molecular flexibility index (Phi) is 1.87. The number of carbonyl (C=O) groups is 1. The maximum absolute atomic E-state index is 10.9. The van der Waals surface area contributed by atoms with Crippen LogP contribution < -0.4 is 0 Å². The summed E-state index contributed by atoms with van der Waals surface area (Å²) in [5.74, 6) is -0.961. The van der Waals surface area contributed by atoms with E-state index in [1.807, 2.05) is 24.0 Å². The molecule has 0 amide bonds. The minimum Gasteiger partial charge on any atom is -0.481 e. The highest BCUT2D eigenvalue weighted by Gasteiger charge is 2.26. The monoisotopic (exact) mass is 179 g/mol. The lowest BCUT2D eigenvalue weighted by atomic mass is 9.86. The first kappa shape index (κ1) is 8.35. The first-order valence-electron chi connectivity index (χ1n) is 4.56. The quantitative estimate of drug-likeness (QED) is 0.710. The number of hydrogen-bond donors (Lipinski definition) is 1. The van der Waals surface area contributed by atoms with Gasteiger partial charge in [-0.25, -0.2) is 0 Å². The standard InChI is InChI=1S/C10H13NO2/c1-11-5-7-3-2-4-8(10(12)13)9(7)6-11/h5-6,8H,2-4H2,1H3,(H,12,13). The number of nitrogens with zero attached hydrogens (tertiary/aromatic N) is 1. The van der Waals surface area contributed by atoms with Gasteiger partial charge in [-0.2, -0.15) is 0 Å². The van der Waals surface area contributed by atoms with E-state index in [-0.39, 0.29) is 5.92 Å². The third-order valence-electron chi connectivity index (χ3n) is 2.69. The fourth-order valence-corrected chi connectivity index (χ4v) is 2.09. The van der Waals surface area contributed by atoms with Gasteiger partial charge in [-0.15, -0.1) is 0 Å². The zero-order valence-corrected chi connectivity index (χ0v) is 7.66. The van der Waals surface area contributed by atoms with Crippen molar-refractivity contribution in [1.29, 1.82) is 0 Å². The van der Waals surface area contributed by atoms with E-state index in [9.17, 15) is 4.79 Å². The van der Waals surface area contributed by atoms with Gasteiger partial charge in [0.1, 0.15) is 0 Å². The molecule has 1 heterocycles. The highest BCUT2D eigenvalue weighted by Crippen LogP contribution is 2.31. The zero-order valence-electron chi connectivity index (χ0n) is 7.66. The molecule has 3 nitrogen and oxygen atoms in total. The number of aryl methyl sites for hydroxylation is 2. The van der Waals surface area contributed by atoms with Gasteiger partial charge in [0.2, 0.25) is 0 Å². The second-order valence-electron chi connectivity index (χ2n) is 3.69. The lowest BCUT2D eigenvalue weighted by Gasteiger charge is -2.17. The van der Waals surface area contributed by atoms with Crippen LogP contribution in [0.4, 0.5) is 0 Å². The van der Waals surface area contributed by atoms with E-state index < -0.39 is 5.97 Å². The molecule has 1 aromatic rings. The van der Waals surface area contributed by atoms with Gasteiger partial charge in [0.25, 0.3) is 0 Å². The van der Waals surface area contributed by atoms with Crippen LogP contribution in [-0.2, 0) is 18.3 Å². The van der Waals surface area contributed by atoms with Crippen molar-refractivity contribution >= 4 is 5.97 Å². The Morgan fingerprint density at radius 2 is 2.38 bits per heavy atom. The van der Waals surface area contributed by atoms with Crippen molar-refractivity contribution < 1.29 is 9.90 Å². The minimum absolute atomic E-state index is 0.273. The summed E-state index contributed by atoms with van der Waals surface area (Å²) in [5.41, 5.74) is 2.22. The molecule has 1 N–H and O–H groups in total. The Morgan fingerprint density at radius 1 is 1.62 bits per heavy atom. The molecule has 1 aliphatic rings. The van der Waals surface area contributed by atoms with Gasteiger partial charge >= 0.3 is 5.97 Å².